The molecule has 1 aliphatic rings. The Kier molecular flexibility index (Phi) is 5.22. The first-order valence-corrected chi connectivity index (χ1v) is 8.22. The molecule has 0 aromatic heterocycles. The van der Waals surface area contributed by atoms with Crippen molar-refractivity contribution in [3.05, 3.63) is 59.7 Å². The predicted octanol–water partition coefficient (Wildman–Crippen LogP) is 2.95. The summed E-state index contributed by atoms with van der Waals surface area (Å²) in [6.07, 6.45) is 3.29. The maximum Gasteiger partial charge on any atom is 0.337 e. The Morgan fingerprint density at radius 2 is 1.88 bits per heavy atom. The first-order chi connectivity index (χ1) is 12.6. The number of amides is 1. The number of methoxy groups -OCH3 is 2. The molecule has 0 unspecified atom stereocenters. The molecular formula is C20H20N2O4. The lowest BCUT2D eigenvalue weighted by Gasteiger charge is -2.30. The van der Waals surface area contributed by atoms with Crippen molar-refractivity contribution in [2.75, 3.05) is 37.5 Å². The Hall–Kier alpha value is -3.28. The average Bonchev–Trinajstić information content (AvgIpc) is 2.70. The number of rotatable bonds is 4. The van der Waals surface area contributed by atoms with E-state index in [4.69, 9.17) is 9.47 Å². The van der Waals surface area contributed by atoms with Crippen LogP contribution in [0.25, 0.3) is 6.08 Å². The Bertz CT molecular complexity index is 843. The molecule has 0 atom stereocenters. The molecule has 1 heterocycles. The molecule has 1 amide bonds. The number of carbonyl (C=O) groups excluding carboxylic acids is 2. The lowest BCUT2D eigenvalue weighted by atomic mass is 10.1. The fourth-order valence-electron chi connectivity index (χ4n) is 2.77. The van der Waals surface area contributed by atoms with Crippen molar-refractivity contribution in [2.24, 2.45) is 0 Å². The highest BCUT2D eigenvalue weighted by atomic mass is 16.5. The van der Waals surface area contributed by atoms with E-state index in [2.05, 4.69) is 5.32 Å². The SMILES string of the molecule is COC(=O)c1ccc2c(c1)N(C(=O)C=Cc1ccc(OC)cc1)CCN2. The molecule has 6 heteroatoms. The summed E-state index contributed by atoms with van der Waals surface area (Å²) in [4.78, 5) is 26.1. The van der Waals surface area contributed by atoms with Gasteiger partial charge >= 0.3 is 5.97 Å². The topological polar surface area (TPSA) is 67.9 Å². The largest absolute Gasteiger partial charge is 0.497 e. The molecule has 1 aliphatic heterocycles. The fourth-order valence-corrected chi connectivity index (χ4v) is 2.77. The van der Waals surface area contributed by atoms with Gasteiger partial charge in [-0.05, 0) is 42.0 Å². The molecule has 134 valence electrons. The van der Waals surface area contributed by atoms with Crippen LogP contribution in [-0.2, 0) is 9.53 Å². The number of hydrogen-bond donors (Lipinski definition) is 1. The van der Waals surface area contributed by atoms with Crippen molar-refractivity contribution in [2.45, 2.75) is 0 Å². The van der Waals surface area contributed by atoms with E-state index in [9.17, 15) is 9.59 Å². The summed E-state index contributed by atoms with van der Waals surface area (Å²) < 4.78 is 9.88. The zero-order valence-electron chi connectivity index (χ0n) is 14.7. The van der Waals surface area contributed by atoms with Gasteiger partial charge in [0.25, 0.3) is 5.91 Å². The van der Waals surface area contributed by atoms with Crippen LogP contribution in [0.3, 0.4) is 0 Å². The lowest BCUT2D eigenvalue weighted by Crippen LogP contribution is -2.38. The number of carbonyl (C=O) groups is 2. The second-order valence-electron chi connectivity index (χ2n) is 5.75. The number of esters is 1. The van der Waals surface area contributed by atoms with Gasteiger partial charge in [0.1, 0.15) is 5.75 Å². The van der Waals surface area contributed by atoms with E-state index in [0.717, 1.165) is 17.0 Å². The molecule has 2 aromatic rings. The number of nitrogens with one attached hydrogen (secondary N) is 1. The molecule has 0 aliphatic carbocycles. The molecule has 0 fully saturated rings. The van der Waals surface area contributed by atoms with Crippen LogP contribution < -0.4 is 15.0 Å². The smallest absolute Gasteiger partial charge is 0.337 e. The van der Waals surface area contributed by atoms with Crippen molar-refractivity contribution in [3.8, 4) is 5.75 Å². The zero-order valence-corrected chi connectivity index (χ0v) is 14.7. The second-order valence-corrected chi connectivity index (χ2v) is 5.75. The summed E-state index contributed by atoms with van der Waals surface area (Å²) in [5, 5.41) is 3.23. The third-order valence-electron chi connectivity index (χ3n) is 4.16. The van der Waals surface area contributed by atoms with E-state index in [-0.39, 0.29) is 5.91 Å². The fraction of sp³-hybridized carbons (Fsp3) is 0.200. The summed E-state index contributed by atoms with van der Waals surface area (Å²) >= 11 is 0. The average molecular weight is 352 g/mol. The number of nitrogens with zero attached hydrogens (tertiary/aromatic N) is 1. The second kappa shape index (κ2) is 7.74. The highest BCUT2D eigenvalue weighted by Crippen LogP contribution is 2.30. The minimum atomic E-state index is -0.431. The molecule has 26 heavy (non-hydrogen) atoms. The molecule has 2 aromatic carbocycles. The normalized spacial score (nSPS) is 13.1. The number of ether oxygens (including phenoxy) is 2. The quantitative estimate of drug-likeness (QED) is 0.677. The minimum Gasteiger partial charge on any atom is -0.497 e. The van der Waals surface area contributed by atoms with Crippen molar-refractivity contribution in [3.63, 3.8) is 0 Å². The van der Waals surface area contributed by atoms with Crippen LogP contribution in [0, 0.1) is 0 Å². The maximum atomic E-state index is 12.7. The van der Waals surface area contributed by atoms with Gasteiger partial charge in [0, 0.05) is 19.2 Å². The number of anilines is 2. The summed E-state index contributed by atoms with van der Waals surface area (Å²) in [7, 11) is 2.94. The standard InChI is InChI=1S/C20H20N2O4/c1-25-16-7-3-14(4-8-16)5-10-19(23)22-12-11-21-17-9-6-15(13-18(17)22)20(24)26-2/h3-10,13,21H,11-12H2,1-2H3. The van der Waals surface area contributed by atoms with Gasteiger partial charge in [-0.25, -0.2) is 4.79 Å². The molecule has 0 saturated carbocycles. The van der Waals surface area contributed by atoms with Crippen molar-refractivity contribution in [1.82, 2.24) is 0 Å². The van der Waals surface area contributed by atoms with E-state index >= 15 is 0 Å². The first-order valence-electron chi connectivity index (χ1n) is 8.22. The molecule has 6 nitrogen and oxygen atoms in total. The van der Waals surface area contributed by atoms with Gasteiger partial charge in [0.2, 0.25) is 0 Å². The molecular weight excluding hydrogens is 332 g/mol. The highest BCUT2D eigenvalue weighted by Gasteiger charge is 2.22. The third kappa shape index (κ3) is 3.69. The highest BCUT2D eigenvalue weighted by molar-refractivity contribution is 6.07. The van der Waals surface area contributed by atoms with Gasteiger partial charge in [-0.2, -0.15) is 0 Å². The monoisotopic (exact) mass is 352 g/mol. The van der Waals surface area contributed by atoms with E-state index in [1.54, 1.807) is 36.3 Å². The van der Waals surface area contributed by atoms with Crippen LogP contribution in [0.5, 0.6) is 5.75 Å². The van der Waals surface area contributed by atoms with Gasteiger partial charge in [-0.1, -0.05) is 12.1 Å². The Morgan fingerprint density at radius 1 is 1.12 bits per heavy atom. The predicted molar refractivity (Wildman–Crippen MR) is 101 cm³/mol. The Balaban J connectivity index is 1.82. The summed E-state index contributed by atoms with van der Waals surface area (Å²) in [6.45, 7) is 1.16. The van der Waals surface area contributed by atoms with Crippen LogP contribution in [0.4, 0.5) is 11.4 Å². The minimum absolute atomic E-state index is 0.148. The van der Waals surface area contributed by atoms with Crippen LogP contribution in [0.15, 0.2) is 48.5 Å². The van der Waals surface area contributed by atoms with E-state index in [1.807, 2.05) is 24.3 Å². The van der Waals surface area contributed by atoms with Gasteiger partial charge < -0.3 is 19.7 Å². The van der Waals surface area contributed by atoms with Crippen LogP contribution in [0.1, 0.15) is 15.9 Å². The summed E-state index contributed by atoms with van der Waals surface area (Å²) in [5.74, 6) is 0.185. The zero-order chi connectivity index (χ0) is 18.5. The molecule has 1 N–H and O–H groups in total. The van der Waals surface area contributed by atoms with Gasteiger partial charge in [0.15, 0.2) is 0 Å². The number of benzene rings is 2. The van der Waals surface area contributed by atoms with Crippen LogP contribution >= 0.6 is 0 Å². The van der Waals surface area contributed by atoms with Crippen LogP contribution in [0.2, 0.25) is 0 Å². The van der Waals surface area contributed by atoms with Crippen molar-refractivity contribution in [1.29, 1.82) is 0 Å². The molecule has 3 rings (SSSR count). The Morgan fingerprint density at radius 3 is 2.58 bits per heavy atom. The third-order valence-corrected chi connectivity index (χ3v) is 4.16. The van der Waals surface area contributed by atoms with Gasteiger partial charge in [-0.3, -0.25) is 4.79 Å². The summed E-state index contributed by atoms with van der Waals surface area (Å²) in [6, 6.07) is 12.6. The van der Waals surface area contributed by atoms with Crippen molar-refractivity contribution >= 4 is 29.3 Å². The number of fused-ring (bicyclic) bond motifs is 1. The van der Waals surface area contributed by atoms with E-state index < -0.39 is 5.97 Å². The lowest BCUT2D eigenvalue weighted by molar-refractivity contribution is -0.114. The number of hydrogen-bond acceptors (Lipinski definition) is 5. The van der Waals surface area contributed by atoms with Gasteiger partial charge in [-0.15, -0.1) is 0 Å². The molecule has 0 spiro atoms. The van der Waals surface area contributed by atoms with Crippen molar-refractivity contribution < 1.29 is 19.1 Å². The van der Waals surface area contributed by atoms with E-state index in [0.29, 0.717) is 24.3 Å². The molecule has 0 saturated heterocycles. The van der Waals surface area contributed by atoms with Crippen LogP contribution in [-0.4, -0.2) is 39.2 Å². The first kappa shape index (κ1) is 17.5. The molecule has 0 radical (unpaired) electrons. The molecule has 0 bridgehead atoms. The van der Waals surface area contributed by atoms with Gasteiger partial charge in [0.05, 0.1) is 31.2 Å². The Labute approximate surface area is 152 Å². The maximum absolute atomic E-state index is 12.7. The summed E-state index contributed by atoms with van der Waals surface area (Å²) in [5.41, 5.74) is 2.79. The van der Waals surface area contributed by atoms with E-state index in [1.165, 1.54) is 13.2 Å².